The Hall–Kier alpha value is -0.0400. The predicted octanol–water partition coefficient (Wildman–Crippen LogP) is 4.10. The molecule has 72 valence electrons. The molecule has 0 aliphatic carbocycles. The molecule has 0 aromatic heterocycles. The van der Waals surface area contributed by atoms with Gasteiger partial charge in [0, 0.05) is 3.57 Å². The van der Waals surface area contributed by atoms with E-state index in [2.05, 4.69) is 0 Å². The lowest BCUT2D eigenvalue weighted by molar-refractivity contribution is -0.140. The van der Waals surface area contributed by atoms with E-state index in [1.807, 2.05) is 0 Å². The maximum Gasteiger partial charge on any atom is 0.419 e. The first kappa shape index (κ1) is 11.0. The van der Waals surface area contributed by atoms with Crippen molar-refractivity contribution >= 4 is 34.2 Å². The maximum absolute atomic E-state index is 12.7. The average molecular weight is 324 g/mol. The molecule has 13 heavy (non-hydrogen) atoms. The molecule has 1 aromatic rings. The van der Waals surface area contributed by atoms with Crippen LogP contribution in [0.15, 0.2) is 12.1 Å². The number of benzene rings is 1. The van der Waals surface area contributed by atoms with Gasteiger partial charge in [-0.25, -0.2) is 4.39 Å². The molecule has 1 aromatic carbocycles. The van der Waals surface area contributed by atoms with Crippen LogP contribution >= 0.6 is 34.2 Å². The van der Waals surface area contributed by atoms with Crippen molar-refractivity contribution in [1.29, 1.82) is 0 Å². The summed E-state index contributed by atoms with van der Waals surface area (Å²) in [7, 11) is 0. The number of halogens is 6. The van der Waals surface area contributed by atoms with Crippen LogP contribution in [-0.2, 0) is 6.18 Å². The predicted molar refractivity (Wildman–Crippen MR) is 49.1 cm³/mol. The lowest BCUT2D eigenvalue weighted by Gasteiger charge is -2.08. The maximum atomic E-state index is 12.7. The van der Waals surface area contributed by atoms with E-state index in [0.29, 0.717) is 6.07 Å². The van der Waals surface area contributed by atoms with E-state index in [0.717, 1.165) is 6.07 Å². The van der Waals surface area contributed by atoms with Crippen molar-refractivity contribution < 1.29 is 17.6 Å². The van der Waals surface area contributed by atoms with E-state index in [1.54, 1.807) is 22.6 Å². The summed E-state index contributed by atoms with van der Waals surface area (Å²) in [4.78, 5) is 0. The van der Waals surface area contributed by atoms with Gasteiger partial charge in [-0.3, -0.25) is 0 Å². The van der Waals surface area contributed by atoms with Crippen molar-refractivity contribution in [2.45, 2.75) is 6.18 Å². The van der Waals surface area contributed by atoms with Gasteiger partial charge in [0.15, 0.2) is 0 Å². The SMILES string of the molecule is Fc1cc(I)c(Cl)cc1C(F)(F)F. The fourth-order valence-corrected chi connectivity index (χ4v) is 1.33. The highest BCUT2D eigenvalue weighted by molar-refractivity contribution is 14.1. The third-order valence-corrected chi connectivity index (χ3v) is 2.84. The Kier molecular flexibility index (Phi) is 3.06. The molecule has 6 heteroatoms. The fourth-order valence-electron chi connectivity index (χ4n) is 0.740. The van der Waals surface area contributed by atoms with Crippen molar-refractivity contribution in [2.75, 3.05) is 0 Å². The summed E-state index contributed by atoms with van der Waals surface area (Å²) in [5.41, 5.74) is -1.34. The second-order valence-electron chi connectivity index (χ2n) is 2.24. The molecule has 0 unspecified atom stereocenters. The summed E-state index contributed by atoms with van der Waals surface area (Å²) >= 11 is 7.07. The van der Waals surface area contributed by atoms with Crippen LogP contribution in [0.25, 0.3) is 0 Å². The smallest absolute Gasteiger partial charge is 0.206 e. The third kappa shape index (κ3) is 2.46. The molecule has 0 saturated carbocycles. The summed E-state index contributed by atoms with van der Waals surface area (Å²) in [5, 5.41) is -0.102. The molecule has 0 fully saturated rings. The Morgan fingerprint density at radius 1 is 1.23 bits per heavy atom. The van der Waals surface area contributed by atoms with Crippen LogP contribution in [-0.4, -0.2) is 0 Å². The highest BCUT2D eigenvalue weighted by Gasteiger charge is 2.34. The van der Waals surface area contributed by atoms with Crippen molar-refractivity contribution in [3.8, 4) is 0 Å². The molecule has 1 rings (SSSR count). The minimum atomic E-state index is -4.70. The summed E-state index contributed by atoms with van der Waals surface area (Å²) < 4.78 is 49.2. The standard InChI is InChI=1S/C7H2ClF4I/c8-4-1-3(7(10,11)12)5(9)2-6(4)13/h1-2H. The number of rotatable bonds is 0. The van der Waals surface area contributed by atoms with Gasteiger partial charge in [-0.2, -0.15) is 13.2 Å². The highest BCUT2D eigenvalue weighted by Crippen LogP contribution is 2.34. The van der Waals surface area contributed by atoms with Crippen LogP contribution in [0.2, 0.25) is 5.02 Å². The van der Waals surface area contributed by atoms with Gasteiger partial charge in [0.05, 0.1) is 10.6 Å². The molecule has 0 nitrogen and oxygen atoms in total. The molecular formula is C7H2ClF4I. The molecule has 0 aliphatic heterocycles. The second kappa shape index (κ2) is 3.61. The van der Waals surface area contributed by atoms with Crippen LogP contribution in [0.4, 0.5) is 17.6 Å². The molecule has 0 saturated heterocycles. The van der Waals surface area contributed by atoms with Crippen molar-refractivity contribution in [3.05, 3.63) is 32.1 Å². The largest absolute Gasteiger partial charge is 0.419 e. The van der Waals surface area contributed by atoms with Gasteiger partial charge < -0.3 is 0 Å². The van der Waals surface area contributed by atoms with E-state index in [9.17, 15) is 17.6 Å². The van der Waals surface area contributed by atoms with Crippen LogP contribution in [0.5, 0.6) is 0 Å². The average Bonchev–Trinajstić information content (AvgIpc) is 1.94. The molecule has 0 atom stereocenters. The molecule has 0 bridgehead atoms. The summed E-state index contributed by atoms with van der Waals surface area (Å²) in [6, 6.07) is 1.34. The molecule has 0 amide bonds. The van der Waals surface area contributed by atoms with Crippen LogP contribution < -0.4 is 0 Å². The van der Waals surface area contributed by atoms with E-state index in [-0.39, 0.29) is 8.59 Å². The number of hydrogen-bond donors (Lipinski definition) is 0. The van der Waals surface area contributed by atoms with Gasteiger partial charge in [0.2, 0.25) is 0 Å². The van der Waals surface area contributed by atoms with E-state index >= 15 is 0 Å². The van der Waals surface area contributed by atoms with Gasteiger partial charge >= 0.3 is 6.18 Å². The summed E-state index contributed by atoms with van der Waals surface area (Å²) in [6.45, 7) is 0. The normalized spacial score (nSPS) is 11.8. The quantitative estimate of drug-likeness (QED) is 0.383. The lowest BCUT2D eigenvalue weighted by atomic mass is 10.2. The molecule has 0 N–H and O–H groups in total. The van der Waals surface area contributed by atoms with E-state index < -0.39 is 17.6 Å². The van der Waals surface area contributed by atoms with Crippen LogP contribution in [0, 0.1) is 9.39 Å². The topological polar surface area (TPSA) is 0 Å². The Balaban J connectivity index is 3.32. The zero-order chi connectivity index (χ0) is 10.2. The lowest BCUT2D eigenvalue weighted by Crippen LogP contribution is -2.08. The van der Waals surface area contributed by atoms with Gasteiger partial charge in [0.1, 0.15) is 5.82 Å². The van der Waals surface area contributed by atoms with Gasteiger partial charge in [-0.15, -0.1) is 0 Å². The molecule has 0 aliphatic rings. The Morgan fingerprint density at radius 2 is 1.77 bits per heavy atom. The second-order valence-corrected chi connectivity index (χ2v) is 3.81. The zero-order valence-electron chi connectivity index (χ0n) is 5.92. The first-order valence-corrected chi connectivity index (χ1v) is 4.50. The van der Waals surface area contributed by atoms with E-state index in [4.69, 9.17) is 11.6 Å². The Bertz CT molecular complexity index is 334. The van der Waals surface area contributed by atoms with Crippen molar-refractivity contribution in [3.63, 3.8) is 0 Å². The fraction of sp³-hybridized carbons (Fsp3) is 0.143. The Morgan fingerprint density at radius 3 is 2.23 bits per heavy atom. The van der Waals surface area contributed by atoms with Crippen LogP contribution in [0.3, 0.4) is 0 Å². The molecule has 0 spiro atoms. The van der Waals surface area contributed by atoms with Gasteiger partial charge in [-0.05, 0) is 34.7 Å². The minimum absolute atomic E-state index is 0.102. The third-order valence-electron chi connectivity index (χ3n) is 1.32. The first-order chi connectivity index (χ1) is 5.82. The molecule has 0 heterocycles. The number of hydrogen-bond acceptors (Lipinski definition) is 0. The Labute approximate surface area is 90.0 Å². The van der Waals surface area contributed by atoms with Gasteiger partial charge in [0.25, 0.3) is 0 Å². The molecule has 0 radical (unpaired) electrons. The minimum Gasteiger partial charge on any atom is -0.206 e. The summed E-state index contributed by atoms with van der Waals surface area (Å²) in [5.74, 6) is -1.30. The first-order valence-electron chi connectivity index (χ1n) is 3.04. The van der Waals surface area contributed by atoms with E-state index in [1.165, 1.54) is 0 Å². The number of alkyl halides is 3. The van der Waals surface area contributed by atoms with Gasteiger partial charge in [-0.1, -0.05) is 11.6 Å². The van der Waals surface area contributed by atoms with Crippen LogP contribution in [0.1, 0.15) is 5.56 Å². The monoisotopic (exact) mass is 324 g/mol. The molecular weight excluding hydrogens is 322 g/mol. The zero-order valence-corrected chi connectivity index (χ0v) is 8.84. The van der Waals surface area contributed by atoms with Crippen molar-refractivity contribution in [1.82, 2.24) is 0 Å². The highest BCUT2D eigenvalue weighted by atomic mass is 127. The van der Waals surface area contributed by atoms with Crippen molar-refractivity contribution in [2.24, 2.45) is 0 Å². The summed E-state index contributed by atoms with van der Waals surface area (Å²) in [6.07, 6.45) is -4.70.